The molecule has 1 saturated carbocycles. The van der Waals surface area contributed by atoms with Crippen LogP contribution in [0.5, 0.6) is 0 Å². The average molecular weight is 240 g/mol. The van der Waals surface area contributed by atoms with Crippen LogP contribution in [-0.2, 0) is 4.57 Å². The highest BCUT2D eigenvalue weighted by Gasteiger charge is 2.29. The van der Waals surface area contributed by atoms with E-state index in [2.05, 4.69) is 0 Å². The Kier molecular flexibility index (Phi) is 4.88. The van der Waals surface area contributed by atoms with Crippen LogP contribution in [0.25, 0.3) is 0 Å². The normalized spacial score (nSPS) is 20.3. The first kappa shape index (κ1) is 12.5. The van der Waals surface area contributed by atoms with Crippen molar-refractivity contribution >= 4 is 19.2 Å². The number of nitrogens with zero attached hydrogens (tertiary/aromatic N) is 1. The molecule has 0 bridgehead atoms. The Hall–Kier alpha value is 0.400. The molecule has 0 atom stereocenters. The molecule has 1 aliphatic carbocycles. The van der Waals surface area contributed by atoms with Crippen molar-refractivity contribution in [1.29, 1.82) is 0 Å². The highest BCUT2D eigenvalue weighted by Crippen LogP contribution is 2.38. The van der Waals surface area contributed by atoms with Gasteiger partial charge in [0.2, 0.25) is 0 Å². The fourth-order valence-electron chi connectivity index (χ4n) is 2.06. The van der Waals surface area contributed by atoms with E-state index in [1.165, 1.54) is 19.3 Å². The molecule has 0 radical (unpaired) electrons. The zero-order valence-electron chi connectivity index (χ0n) is 8.36. The van der Waals surface area contributed by atoms with Gasteiger partial charge in [-0.25, -0.2) is 4.67 Å². The van der Waals surface area contributed by atoms with Gasteiger partial charge in [0.1, 0.15) is 0 Å². The minimum absolute atomic E-state index is 0.267. The maximum atomic E-state index is 11.6. The highest BCUT2D eigenvalue weighted by atomic mass is 35.5. The first-order valence-corrected chi connectivity index (χ1v) is 7.39. The minimum Gasteiger partial charge on any atom is -0.271 e. The van der Waals surface area contributed by atoms with Crippen molar-refractivity contribution < 1.29 is 4.57 Å². The summed E-state index contributed by atoms with van der Waals surface area (Å²) in [5, 5.41) is 0. The summed E-state index contributed by atoms with van der Waals surface area (Å²) in [5.74, 6) is 0.425. The van der Waals surface area contributed by atoms with E-state index in [9.17, 15) is 4.57 Å². The van der Waals surface area contributed by atoms with Gasteiger partial charge in [-0.05, 0) is 12.8 Å². The van der Waals surface area contributed by atoms with E-state index >= 15 is 0 Å². The van der Waals surface area contributed by atoms with Crippen LogP contribution in [0.15, 0.2) is 0 Å². The van der Waals surface area contributed by atoms with Crippen molar-refractivity contribution in [2.45, 2.75) is 38.1 Å². The van der Waals surface area contributed by atoms with Crippen LogP contribution >= 0.6 is 19.2 Å². The summed E-state index contributed by atoms with van der Waals surface area (Å²) in [5.41, 5.74) is 11.0. The molecule has 0 amide bonds. The van der Waals surface area contributed by atoms with Crippen LogP contribution in [0.2, 0.25) is 0 Å². The predicted octanol–water partition coefficient (Wildman–Crippen LogP) is 1.89. The highest BCUT2D eigenvalue weighted by molar-refractivity contribution is 7.56. The quantitative estimate of drug-likeness (QED) is 0.580. The second-order valence-electron chi connectivity index (χ2n) is 3.82. The molecule has 84 valence electrons. The summed E-state index contributed by atoms with van der Waals surface area (Å²) in [4.78, 5) is 0. The van der Waals surface area contributed by atoms with Crippen molar-refractivity contribution in [2.24, 2.45) is 11.0 Å². The van der Waals surface area contributed by atoms with E-state index in [0.717, 1.165) is 12.8 Å². The van der Waals surface area contributed by atoms with Gasteiger partial charge in [0.05, 0.1) is 0 Å². The van der Waals surface area contributed by atoms with Crippen LogP contribution < -0.4 is 11.0 Å². The van der Waals surface area contributed by atoms with Crippen molar-refractivity contribution in [3.63, 3.8) is 0 Å². The number of nitrogens with two attached hydrogens (primary N) is 2. The third-order valence-corrected chi connectivity index (χ3v) is 4.21. The molecule has 14 heavy (non-hydrogen) atoms. The van der Waals surface area contributed by atoms with Crippen molar-refractivity contribution in [3.05, 3.63) is 0 Å². The first-order chi connectivity index (χ1) is 6.55. The van der Waals surface area contributed by atoms with E-state index in [0.29, 0.717) is 12.4 Å². The molecule has 0 aliphatic heterocycles. The summed E-state index contributed by atoms with van der Waals surface area (Å²) in [6, 6.07) is 0.267. The Morgan fingerprint density at radius 2 is 1.86 bits per heavy atom. The third kappa shape index (κ3) is 3.52. The van der Waals surface area contributed by atoms with E-state index < -0.39 is 7.59 Å². The van der Waals surface area contributed by atoms with E-state index in [1.807, 2.05) is 0 Å². The Morgan fingerprint density at radius 3 is 2.29 bits per heavy atom. The SMILES string of the molecule is NP(N)(=O)N(CCCl)C1CCCCC1. The Balaban J connectivity index is 2.61. The predicted molar refractivity (Wildman–Crippen MR) is 60.3 cm³/mol. The fraction of sp³-hybridized carbons (Fsp3) is 1.00. The van der Waals surface area contributed by atoms with Crippen LogP contribution in [0, 0.1) is 0 Å². The largest absolute Gasteiger partial charge is 0.276 e. The topological polar surface area (TPSA) is 72.3 Å². The summed E-state index contributed by atoms with van der Waals surface area (Å²) in [7, 11) is -3.11. The standard InChI is InChI=1S/C8H19ClN3OP/c9-6-7-12(14(10,11)13)8-4-2-1-3-5-8/h8H,1-7H2,(H4,10,11,13). The summed E-state index contributed by atoms with van der Waals surface area (Å²) < 4.78 is 13.3. The number of alkyl halides is 1. The molecule has 0 aromatic carbocycles. The molecule has 0 aromatic heterocycles. The van der Waals surface area contributed by atoms with Gasteiger partial charge in [0, 0.05) is 18.5 Å². The van der Waals surface area contributed by atoms with Gasteiger partial charge in [-0.15, -0.1) is 11.6 Å². The molecule has 4 nitrogen and oxygen atoms in total. The molecule has 0 unspecified atom stereocenters. The maximum absolute atomic E-state index is 11.6. The molecule has 0 saturated heterocycles. The molecule has 1 rings (SSSR count). The van der Waals surface area contributed by atoms with Gasteiger partial charge < -0.3 is 0 Å². The summed E-state index contributed by atoms with van der Waals surface area (Å²) in [6.07, 6.45) is 5.67. The average Bonchev–Trinajstić information content (AvgIpc) is 2.14. The van der Waals surface area contributed by atoms with Gasteiger partial charge >= 0.3 is 0 Å². The molecular weight excluding hydrogens is 221 g/mol. The van der Waals surface area contributed by atoms with Crippen LogP contribution in [0.3, 0.4) is 0 Å². The maximum Gasteiger partial charge on any atom is 0.276 e. The van der Waals surface area contributed by atoms with E-state index in [4.69, 9.17) is 22.6 Å². The van der Waals surface area contributed by atoms with Gasteiger partial charge in [-0.3, -0.25) is 15.6 Å². The Bertz CT molecular complexity index is 215. The second kappa shape index (κ2) is 5.47. The van der Waals surface area contributed by atoms with Crippen LogP contribution in [0.1, 0.15) is 32.1 Å². The second-order valence-corrected chi connectivity index (χ2v) is 6.05. The Labute approximate surface area is 90.5 Å². The molecule has 1 fully saturated rings. The zero-order chi connectivity index (χ0) is 10.6. The van der Waals surface area contributed by atoms with Crippen molar-refractivity contribution in [3.8, 4) is 0 Å². The lowest BCUT2D eigenvalue weighted by molar-refractivity contribution is 0.260. The molecule has 1 aliphatic rings. The molecule has 0 aromatic rings. The lowest BCUT2D eigenvalue weighted by atomic mass is 9.95. The van der Waals surface area contributed by atoms with Gasteiger partial charge in [0.15, 0.2) is 0 Å². The first-order valence-electron chi connectivity index (χ1n) is 5.06. The summed E-state index contributed by atoms with van der Waals surface area (Å²) >= 11 is 5.65. The molecule has 0 heterocycles. The number of halogens is 1. The zero-order valence-corrected chi connectivity index (χ0v) is 10.0. The van der Waals surface area contributed by atoms with Crippen LogP contribution in [0.4, 0.5) is 0 Å². The van der Waals surface area contributed by atoms with Crippen molar-refractivity contribution in [1.82, 2.24) is 4.67 Å². The minimum atomic E-state index is -3.11. The van der Waals surface area contributed by atoms with E-state index in [1.54, 1.807) is 4.67 Å². The third-order valence-electron chi connectivity index (χ3n) is 2.71. The van der Waals surface area contributed by atoms with E-state index in [-0.39, 0.29) is 6.04 Å². The lowest BCUT2D eigenvalue weighted by Gasteiger charge is -2.35. The molecular formula is C8H19ClN3OP. The monoisotopic (exact) mass is 239 g/mol. The number of hydrogen-bond acceptors (Lipinski definition) is 1. The fourth-order valence-corrected chi connectivity index (χ4v) is 3.51. The van der Waals surface area contributed by atoms with Gasteiger partial charge in [-0.2, -0.15) is 0 Å². The molecule has 4 N–H and O–H groups in total. The number of rotatable bonds is 4. The Morgan fingerprint density at radius 1 is 1.29 bits per heavy atom. The molecule has 6 heteroatoms. The lowest BCUT2D eigenvalue weighted by Crippen LogP contribution is -2.40. The van der Waals surface area contributed by atoms with Gasteiger partial charge in [0.25, 0.3) is 7.59 Å². The van der Waals surface area contributed by atoms with Crippen molar-refractivity contribution in [2.75, 3.05) is 12.4 Å². The van der Waals surface area contributed by atoms with Crippen LogP contribution in [-0.4, -0.2) is 23.1 Å². The molecule has 0 spiro atoms. The summed E-state index contributed by atoms with van der Waals surface area (Å²) in [6.45, 7) is 0.524. The number of hydrogen-bond donors (Lipinski definition) is 2. The van der Waals surface area contributed by atoms with Gasteiger partial charge in [-0.1, -0.05) is 19.3 Å². The smallest absolute Gasteiger partial charge is 0.271 e.